The van der Waals surface area contributed by atoms with Crippen LogP contribution >= 0.6 is 0 Å². The molecule has 0 aliphatic rings. The molecule has 148 valence electrons. The monoisotopic (exact) mass is 382 g/mol. The molecule has 0 spiro atoms. The molecule has 0 saturated carbocycles. The van der Waals surface area contributed by atoms with E-state index in [2.05, 4.69) is 12.1 Å². The first-order chi connectivity index (χ1) is 13.6. The van der Waals surface area contributed by atoms with Gasteiger partial charge in [-0.05, 0) is 30.7 Å². The lowest BCUT2D eigenvalue weighted by atomic mass is 10.1. The van der Waals surface area contributed by atoms with Crippen LogP contribution in [0.2, 0.25) is 0 Å². The SMILES string of the molecule is CCCCCOc1ccc(C(=O)/C(C)=[N+](\[O-])C/C(=N/O)c2ccccc2)cc1. The molecule has 0 unspecified atom stereocenters. The van der Waals surface area contributed by atoms with E-state index in [1.165, 1.54) is 6.92 Å². The topological polar surface area (TPSA) is 85.0 Å². The summed E-state index contributed by atoms with van der Waals surface area (Å²) in [4.78, 5) is 12.6. The standard InChI is InChI=1S/C22H26N2O4/c1-3-4-8-15-28-20-13-11-19(12-14-20)22(25)17(2)24(27)16-21(23-26)18-9-6-5-7-10-18/h5-7,9-14,26H,3-4,8,15-16H2,1-2H3/b23-21-,24-17-. The number of hydroxylamine groups is 1. The van der Waals surface area contributed by atoms with Crippen LogP contribution in [0.3, 0.4) is 0 Å². The van der Waals surface area contributed by atoms with E-state index in [4.69, 9.17) is 4.74 Å². The molecule has 2 rings (SSSR count). The van der Waals surface area contributed by atoms with Crippen molar-refractivity contribution in [2.75, 3.05) is 13.2 Å². The molecule has 6 heteroatoms. The summed E-state index contributed by atoms with van der Waals surface area (Å²) in [6.45, 7) is 4.01. The first-order valence-electron chi connectivity index (χ1n) is 9.39. The van der Waals surface area contributed by atoms with Crippen LogP contribution in [-0.4, -0.2) is 40.3 Å². The lowest BCUT2D eigenvalue weighted by molar-refractivity contribution is -0.439. The molecule has 0 saturated heterocycles. The number of rotatable bonds is 10. The Balaban J connectivity index is 2.05. The maximum Gasteiger partial charge on any atom is 0.252 e. The predicted octanol–water partition coefficient (Wildman–Crippen LogP) is 4.29. The first-order valence-corrected chi connectivity index (χ1v) is 9.39. The largest absolute Gasteiger partial charge is 0.623 e. The third-order valence-electron chi connectivity index (χ3n) is 4.36. The molecule has 2 aromatic rings. The minimum absolute atomic E-state index is 0.0219. The molecule has 0 fully saturated rings. The number of ether oxygens (including phenoxy) is 1. The average molecular weight is 382 g/mol. The molecular weight excluding hydrogens is 356 g/mol. The summed E-state index contributed by atoms with van der Waals surface area (Å²) in [7, 11) is 0. The molecule has 2 aromatic carbocycles. The van der Waals surface area contributed by atoms with E-state index in [0.29, 0.717) is 28.2 Å². The fourth-order valence-corrected chi connectivity index (χ4v) is 2.63. The van der Waals surface area contributed by atoms with E-state index in [0.717, 1.165) is 19.3 Å². The maximum atomic E-state index is 12.6. The fraction of sp³-hybridized carbons (Fsp3) is 0.318. The Hall–Kier alpha value is -3.15. The zero-order valence-corrected chi connectivity index (χ0v) is 16.3. The highest BCUT2D eigenvalue weighted by molar-refractivity contribution is 6.43. The molecular formula is C22H26N2O4. The van der Waals surface area contributed by atoms with Gasteiger partial charge in [-0.2, -0.15) is 4.74 Å². The van der Waals surface area contributed by atoms with E-state index in [-0.39, 0.29) is 23.8 Å². The van der Waals surface area contributed by atoms with Crippen molar-refractivity contribution in [1.29, 1.82) is 0 Å². The average Bonchev–Trinajstić information content (AvgIpc) is 2.75. The molecule has 0 heterocycles. The Morgan fingerprint density at radius 2 is 1.75 bits per heavy atom. The number of oxime groups is 1. The molecule has 0 amide bonds. The second-order valence-corrected chi connectivity index (χ2v) is 6.44. The summed E-state index contributed by atoms with van der Waals surface area (Å²) in [5, 5.41) is 24.8. The Labute approximate surface area is 165 Å². The summed E-state index contributed by atoms with van der Waals surface area (Å²) < 4.78 is 6.17. The zero-order valence-electron chi connectivity index (χ0n) is 16.3. The Kier molecular flexibility index (Phi) is 8.21. The number of carbonyl (C=O) groups excluding carboxylic acids is 1. The van der Waals surface area contributed by atoms with Crippen LogP contribution in [0.15, 0.2) is 59.8 Å². The van der Waals surface area contributed by atoms with Crippen molar-refractivity contribution in [3.05, 3.63) is 70.9 Å². The maximum absolute atomic E-state index is 12.6. The molecule has 0 bridgehead atoms. The lowest BCUT2D eigenvalue weighted by Gasteiger charge is -2.10. The summed E-state index contributed by atoms with van der Waals surface area (Å²) in [6.07, 6.45) is 3.24. The minimum atomic E-state index is -0.377. The van der Waals surface area contributed by atoms with Gasteiger partial charge in [0.1, 0.15) is 5.75 Å². The first kappa shape index (κ1) is 21.2. The van der Waals surface area contributed by atoms with Gasteiger partial charge >= 0.3 is 0 Å². The van der Waals surface area contributed by atoms with E-state index in [1.54, 1.807) is 48.5 Å². The number of benzene rings is 2. The number of ketones is 1. The van der Waals surface area contributed by atoms with Gasteiger partial charge in [0.25, 0.3) is 5.78 Å². The highest BCUT2D eigenvalue weighted by Crippen LogP contribution is 2.14. The molecule has 0 aliphatic heterocycles. The third-order valence-corrected chi connectivity index (χ3v) is 4.36. The van der Waals surface area contributed by atoms with E-state index >= 15 is 0 Å². The van der Waals surface area contributed by atoms with Gasteiger partial charge in [0.2, 0.25) is 5.71 Å². The van der Waals surface area contributed by atoms with Crippen molar-refractivity contribution < 1.29 is 19.5 Å². The number of hydrogen-bond acceptors (Lipinski definition) is 5. The highest BCUT2D eigenvalue weighted by atomic mass is 16.5. The summed E-state index contributed by atoms with van der Waals surface area (Å²) >= 11 is 0. The normalized spacial score (nSPS) is 12.4. The lowest BCUT2D eigenvalue weighted by Crippen LogP contribution is -2.27. The summed E-state index contributed by atoms with van der Waals surface area (Å²) in [6, 6.07) is 15.6. The molecule has 0 aliphatic carbocycles. The third kappa shape index (κ3) is 5.94. The van der Waals surface area contributed by atoms with E-state index in [9.17, 15) is 15.2 Å². The van der Waals surface area contributed by atoms with Crippen molar-refractivity contribution >= 4 is 17.2 Å². The van der Waals surface area contributed by atoms with Gasteiger partial charge in [-0.15, -0.1) is 0 Å². The number of hydrogen-bond donors (Lipinski definition) is 1. The highest BCUT2D eigenvalue weighted by Gasteiger charge is 2.19. The van der Waals surface area contributed by atoms with Gasteiger partial charge in [0, 0.05) is 18.1 Å². The molecule has 0 radical (unpaired) electrons. The molecule has 1 N–H and O–H groups in total. The molecule has 6 nitrogen and oxygen atoms in total. The smallest absolute Gasteiger partial charge is 0.252 e. The molecule has 0 atom stereocenters. The number of Topliss-reactive ketones (excluding diaryl/α,β-unsaturated/α-hetero) is 1. The molecule has 28 heavy (non-hydrogen) atoms. The summed E-state index contributed by atoms with van der Waals surface area (Å²) in [5.74, 6) is 0.320. The Morgan fingerprint density at radius 1 is 1.07 bits per heavy atom. The van der Waals surface area contributed by atoms with Crippen LogP contribution < -0.4 is 4.74 Å². The van der Waals surface area contributed by atoms with Crippen molar-refractivity contribution in [2.24, 2.45) is 5.16 Å². The van der Waals surface area contributed by atoms with E-state index in [1.807, 2.05) is 6.07 Å². The van der Waals surface area contributed by atoms with Gasteiger partial charge < -0.3 is 15.2 Å². The minimum Gasteiger partial charge on any atom is -0.623 e. The van der Waals surface area contributed by atoms with Crippen LogP contribution in [0.5, 0.6) is 5.75 Å². The van der Waals surface area contributed by atoms with Crippen LogP contribution in [0.4, 0.5) is 0 Å². The van der Waals surface area contributed by atoms with Gasteiger partial charge in [0.15, 0.2) is 12.3 Å². The zero-order chi connectivity index (χ0) is 20.4. The predicted molar refractivity (Wildman–Crippen MR) is 110 cm³/mol. The Bertz CT molecular complexity index is 827. The number of nitrogens with zero attached hydrogens (tertiary/aromatic N) is 2. The second-order valence-electron chi connectivity index (χ2n) is 6.44. The number of unbranched alkanes of at least 4 members (excludes halogenated alkanes) is 2. The van der Waals surface area contributed by atoms with Crippen molar-refractivity contribution in [2.45, 2.75) is 33.1 Å². The van der Waals surface area contributed by atoms with Crippen molar-refractivity contribution in [1.82, 2.24) is 0 Å². The fourth-order valence-electron chi connectivity index (χ4n) is 2.63. The van der Waals surface area contributed by atoms with Crippen LogP contribution in [0.1, 0.15) is 49.0 Å². The van der Waals surface area contributed by atoms with Crippen LogP contribution in [0, 0.1) is 5.21 Å². The number of carbonyl (C=O) groups is 1. The van der Waals surface area contributed by atoms with Crippen molar-refractivity contribution in [3.8, 4) is 5.75 Å². The summed E-state index contributed by atoms with van der Waals surface area (Å²) in [5.41, 5.74) is 1.24. The van der Waals surface area contributed by atoms with Crippen molar-refractivity contribution in [3.63, 3.8) is 0 Å². The van der Waals surface area contributed by atoms with E-state index < -0.39 is 0 Å². The quantitative estimate of drug-likeness (QED) is 0.126. The van der Waals surface area contributed by atoms with Gasteiger partial charge in [-0.3, -0.25) is 4.79 Å². The van der Waals surface area contributed by atoms with Crippen LogP contribution in [0.25, 0.3) is 0 Å². The van der Waals surface area contributed by atoms with Gasteiger partial charge in [0.05, 0.1) is 6.61 Å². The second kappa shape index (κ2) is 10.9. The Morgan fingerprint density at radius 3 is 2.36 bits per heavy atom. The van der Waals surface area contributed by atoms with Gasteiger partial charge in [-0.1, -0.05) is 55.3 Å². The molecule has 0 aromatic heterocycles. The van der Waals surface area contributed by atoms with Crippen LogP contribution in [-0.2, 0) is 0 Å². The van der Waals surface area contributed by atoms with Gasteiger partial charge in [-0.25, -0.2) is 0 Å².